The standard InChI is InChI=1S/C27H15N2OS.C18H24NSi.Ir/c1-5-11-24-18(7-1)19-14-13-17(15-25(19)30-24)29-23-10-4-3-9-22(23)28-27(29)21-16-31-26-12-6-2-8-20(21)26;1-14(2)11-16-12-17(15-9-7-6-8-10-15)19-13-18(16)20(3,4)5;/h1-15H;6-9,12-14H,11H2,1-5H3;/q2*-1;/i6D;;. The number of pyridine rings is 1. The third-order valence-corrected chi connectivity index (χ3v) is 12.1. The van der Waals surface area contributed by atoms with Crippen LogP contribution in [0.2, 0.25) is 19.6 Å². The predicted octanol–water partition coefficient (Wildman–Crippen LogP) is 11.9. The number of nitrogens with zero attached hydrogens (tertiary/aromatic N) is 3. The van der Waals surface area contributed by atoms with Crippen molar-refractivity contribution in [1.29, 1.82) is 0 Å². The zero-order valence-corrected chi connectivity index (χ0v) is 34.0. The van der Waals surface area contributed by atoms with Crippen LogP contribution in [-0.4, -0.2) is 22.6 Å². The average Bonchev–Trinajstić information content (AvgIpc) is 3.84. The maximum atomic E-state index is 7.94. The van der Waals surface area contributed by atoms with E-state index in [0.29, 0.717) is 12.0 Å². The van der Waals surface area contributed by atoms with Crippen LogP contribution in [0, 0.1) is 17.4 Å². The molecule has 0 saturated heterocycles. The summed E-state index contributed by atoms with van der Waals surface area (Å²) in [6.07, 6.45) is 3.24. The Kier molecular flexibility index (Phi) is 9.78. The van der Waals surface area contributed by atoms with Gasteiger partial charge >= 0.3 is 0 Å². The third kappa shape index (κ3) is 6.94. The van der Waals surface area contributed by atoms with Gasteiger partial charge in [0.2, 0.25) is 0 Å². The van der Waals surface area contributed by atoms with Gasteiger partial charge in [-0.05, 0) is 53.6 Å². The van der Waals surface area contributed by atoms with Crippen LogP contribution < -0.4 is 5.19 Å². The molecule has 0 amide bonds. The minimum atomic E-state index is -1.34. The molecule has 0 fully saturated rings. The summed E-state index contributed by atoms with van der Waals surface area (Å²) in [7, 11) is -1.34. The molecule has 0 aliphatic carbocycles. The molecule has 0 unspecified atom stereocenters. The van der Waals surface area contributed by atoms with Crippen molar-refractivity contribution >= 4 is 67.7 Å². The molecule has 1 radical (unpaired) electrons. The molecule has 9 aromatic rings. The number of fused-ring (bicyclic) bond motifs is 5. The Morgan fingerprint density at radius 2 is 1.62 bits per heavy atom. The fourth-order valence-corrected chi connectivity index (χ4v) is 9.23. The summed E-state index contributed by atoms with van der Waals surface area (Å²) in [4.78, 5) is 9.67. The second kappa shape index (κ2) is 14.8. The van der Waals surface area contributed by atoms with E-state index in [4.69, 9.17) is 10.8 Å². The summed E-state index contributed by atoms with van der Waals surface area (Å²) in [5.74, 6) is 1.51. The van der Waals surface area contributed by atoms with Gasteiger partial charge in [-0.15, -0.1) is 47.3 Å². The number of furan rings is 1. The fourth-order valence-electron chi connectivity index (χ4n) is 6.82. The number of thiophene rings is 1. The van der Waals surface area contributed by atoms with Crippen LogP contribution in [-0.2, 0) is 26.5 Å². The zero-order chi connectivity index (χ0) is 36.0. The van der Waals surface area contributed by atoms with Crippen molar-refractivity contribution in [3.05, 3.63) is 145 Å². The van der Waals surface area contributed by atoms with E-state index in [0.717, 1.165) is 77.8 Å². The van der Waals surface area contributed by atoms with Crippen molar-refractivity contribution in [3.63, 3.8) is 0 Å². The Labute approximate surface area is 325 Å². The molecule has 4 aromatic heterocycles. The molecule has 9 rings (SSSR count). The Hall–Kier alpha value is -4.65. The molecule has 52 heavy (non-hydrogen) atoms. The molecule has 7 heteroatoms. The van der Waals surface area contributed by atoms with Crippen LogP contribution in [0.15, 0.2) is 132 Å². The number of aromatic nitrogens is 3. The zero-order valence-electron chi connectivity index (χ0n) is 30.8. The van der Waals surface area contributed by atoms with Gasteiger partial charge in [0.25, 0.3) is 0 Å². The third-order valence-electron chi connectivity index (χ3n) is 9.17. The van der Waals surface area contributed by atoms with E-state index in [2.05, 4.69) is 103 Å². The molecule has 4 nitrogen and oxygen atoms in total. The van der Waals surface area contributed by atoms with E-state index in [9.17, 15) is 0 Å². The van der Waals surface area contributed by atoms with Crippen molar-refractivity contribution in [1.82, 2.24) is 14.5 Å². The summed E-state index contributed by atoms with van der Waals surface area (Å²) >= 11 is 1.53. The van der Waals surface area contributed by atoms with Gasteiger partial charge < -0.3 is 14.0 Å². The summed E-state index contributed by atoms with van der Waals surface area (Å²) in [6, 6.07) is 42.4. The molecule has 0 saturated carbocycles. The van der Waals surface area contributed by atoms with E-state index in [1.807, 2.05) is 72.8 Å². The number of benzene rings is 5. The van der Waals surface area contributed by atoms with E-state index in [1.165, 1.54) is 22.1 Å². The van der Waals surface area contributed by atoms with Crippen molar-refractivity contribution in [2.45, 2.75) is 39.9 Å². The first-order valence-electron chi connectivity index (χ1n) is 17.9. The van der Waals surface area contributed by atoms with Crippen molar-refractivity contribution < 1.29 is 25.9 Å². The van der Waals surface area contributed by atoms with E-state index >= 15 is 0 Å². The van der Waals surface area contributed by atoms with Gasteiger partial charge in [0, 0.05) is 48.8 Å². The summed E-state index contributed by atoms with van der Waals surface area (Å²) in [5.41, 5.74) is 9.24. The first-order chi connectivity index (χ1) is 25.1. The maximum Gasteiger partial charge on any atom is 0.137 e. The van der Waals surface area contributed by atoms with Crippen LogP contribution in [0.25, 0.3) is 71.4 Å². The van der Waals surface area contributed by atoms with Crippen molar-refractivity contribution in [2.75, 3.05) is 0 Å². The molecular formula is C45H39IrN3OSSi-2. The molecule has 4 heterocycles. The molecule has 0 N–H and O–H groups in total. The molecule has 261 valence electrons. The molecule has 0 atom stereocenters. The Balaban J connectivity index is 0.000000180. The number of hydrogen-bond donors (Lipinski definition) is 0. The second-order valence-corrected chi connectivity index (χ2v) is 20.3. The molecular weight excluding hydrogens is 851 g/mol. The Morgan fingerprint density at radius 3 is 2.42 bits per heavy atom. The van der Waals surface area contributed by atoms with E-state index < -0.39 is 8.07 Å². The van der Waals surface area contributed by atoms with E-state index in [1.54, 1.807) is 0 Å². The van der Waals surface area contributed by atoms with Crippen molar-refractivity contribution in [3.8, 4) is 28.3 Å². The largest absolute Gasteiger partial charge is 0.456 e. The Morgan fingerprint density at radius 1 is 0.846 bits per heavy atom. The van der Waals surface area contributed by atoms with Gasteiger partial charge in [-0.25, -0.2) is 0 Å². The average molecular weight is 891 g/mol. The number of hydrogen-bond acceptors (Lipinski definition) is 4. The smallest absolute Gasteiger partial charge is 0.137 e. The van der Waals surface area contributed by atoms with Gasteiger partial charge in [-0.2, -0.15) is 0 Å². The van der Waals surface area contributed by atoms with Gasteiger partial charge in [0.15, 0.2) is 0 Å². The summed E-state index contributed by atoms with van der Waals surface area (Å²) < 4.78 is 17.3. The SMILES string of the molecule is CC(C)Cc1cc(-c2[c-]cccc2)ncc1[Si](C)(C)C.[2H]c1ccc2c(-c3nc4ccccc4n3-c3ccc4c(c3)oc3ccccc34)[c-]sc2c1.[Ir]. The minimum absolute atomic E-state index is 0. The van der Waals surface area contributed by atoms with Crippen molar-refractivity contribution in [2.24, 2.45) is 5.92 Å². The molecule has 5 aromatic carbocycles. The van der Waals surface area contributed by atoms with Crippen LogP contribution in [0.3, 0.4) is 0 Å². The topological polar surface area (TPSA) is 43.9 Å². The van der Waals surface area contributed by atoms with Gasteiger partial charge in [-0.3, -0.25) is 16.3 Å². The molecule has 0 bridgehead atoms. The molecule has 0 aliphatic rings. The van der Waals surface area contributed by atoms with Crippen LogP contribution in [0.1, 0.15) is 20.8 Å². The first kappa shape index (κ1) is 34.4. The normalized spacial score (nSPS) is 11.9. The monoisotopic (exact) mass is 891 g/mol. The fraction of sp³-hybridized carbons (Fsp3) is 0.156. The van der Waals surface area contributed by atoms with Gasteiger partial charge in [0.05, 0.1) is 26.3 Å². The summed E-state index contributed by atoms with van der Waals surface area (Å²) in [5, 5.41) is 8.21. The van der Waals surface area contributed by atoms with Crippen LogP contribution in [0.5, 0.6) is 0 Å². The van der Waals surface area contributed by atoms with Crippen LogP contribution >= 0.6 is 11.3 Å². The second-order valence-electron chi connectivity index (χ2n) is 14.4. The number of rotatable bonds is 6. The quantitative estimate of drug-likeness (QED) is 0.123. The summed E-state index contributed by atoms with van der Waals surface area (Å²) in [6.45, 7) is 11.7. The first-order valence-corrected chi connectivity index (χ1v) is 21.7. The van der Waals surface area contributed by atoms with Gasteiger partial charge in [-0.1, -0.05) is 109 Å². The van der Waals surface area contributed by atoms with E-state index in [-0.39, 0.29) is 20.1 Å². The maximum absolute atomic E-state index is 7.94. The predicted molar refractivity (Wildman–Crippen MR) is 218 cm³/mol. The number of para-hydroxylation sites is 3. The van der Waals surface area contributed by atoms with Crippen LogP contribution in [0.4, 0.5) is 0 Å². The molecule has 0 aliphatic heterocycles. The van der Waals surface area contributed by atoms with Gasteiger partial charge in [0.1, 0.15) is 11.2 Å². The molecule has 0 spiro atoms. The minimum Gasteiger partial charge on any atom is -0.456 e. The number of imidazole rings is 1. The Bertz CT molecular complexity index is 2710.